The molecule has 0 aromatic heterocycles. The fourth-order valence-electron chi connectivity index (χ4n) is 2.74. The third-order valence-corrected chi connectivity index (χ3v) is 5.44. The SMILES string of the molecule is CCN(CC)C(=O)[C@@H](C)Oc1cccc(O[C@H](C)C(=O)N(CC)CC)c1I. The second kappa shape index (κ2) is 11.4. The van der Waals surface area contributed by atoms with Gasteiger partial charge in [-0.2, -0.15) is 0 Å². The van der Waals surface area contributed by atoms with Gasteiger partial charge >= 0.3 is 0 Å². The van der Waals surface area contributed by atoms with Gasteiger partial charge in [0.05, 0.1) is 3.57 Å². The van der Waals surface area contributed by atoms with E-state index in [1.54, 1.807) is 41.8 Å². The van der Waals surface area contributed by atoms with E-state index in [2.05, 4.69) is 22.6 Å². The zero-order valence-corrected chi connectivity index (χ0v) is 19.3. The minimum absolute atomic E-state index is 0.0489. The minimum atomic E-state index is -0.594. The Morgan fingerprint density at radius 1 is 0.852 bits per heavy atom. The summed E-state index contributed by atoms with van der Waals surface area (Å²) in [4.78, 5) is 28.3. The van der Waals surface area contributed by atoms with Crippen molar-refractivity contribution in [2.24, 2.45) is 0 Å². The van der Waals surface area contributed by atoms with Gasteiger partial charge in [-0.15, -0.1) is 0 Å². The van der Waals surface area contributed by atoms with Crippen molar-refractivity contribution < 1.29 is 19.1 Å². The van der Waals surface area contributed by atoms with E-state index in [1.165, 1.54) is 0 Å². The Hall–Kier alpha value is -1.51. The van der Waals surface area contributed by atoms with Crippen molar-refractivity contribution in [2.45, 2.75) is 53.8 Å². The molecule has 0 radical (unpaired) electrons. The molecule has 1 rings (SSSR count). The van der Waals surface area contributed by atoms with Gasteiger partial charge in [-0.1, -0.05) is 6.07 Å². The summed E-state index contributed by atoms with van der Waals surface area (Å²) in [6, 6.07) is 5.41. The highest BCUT2D eigenvalue weighted by Gasteiger charge is 2.23. The number of benzene rings is 1. The molecule has 0 fully saturated rings. The number of rotatable bonds is 10. The van der Waals surface area contributed by atoms with Gasteiger partial charge in [-0.3, -0.25) is 9.59 Å². The van der Waals surface area contributed by atoms with Crippen molar-refractivity contribution in [1.29, 1.82) is 0 Å². The Balaban J connectivity index is 2.90. The molecular formula is C20H31IN2O4. The molecule has 7 heteroatoms. The number of halogens is 1. The van der Waals surface area contributed by atoms with Crippen molar-refractivity contribution in [3.8, 4) is 11.5 Å². The van der Waals surface area contributed by atoms with Crippen LogP contribution in [-0.2, 0) is 9.59 Å². The van der Waals surface area contributed by atoms with Gasteiger partial charge in [0.25, 0.3) is 11.8 Å². The molecule has 0 unspecified atom stereocenters. The van der Waals surface area contributed by atoms with E-state index < -0.39 is 12.2 Å². The average Bonchev–Trinajstić information content (AvgIpc) is 2.66. The molecule has 0 aliphatic rings. The first-order chi connectivity index (χ1) is 12.8. The number of ether oxygens (including phenoxy) is 2. The molecule has 0 spiro atoms. The van der Waals surface area contributed by atoms with Crippen LogP contribution in [0.5, 0.6) is 11.5 Å². The van der Waals surface area contributed by atoms with E-state index in [0.717, 1.165) is 3.57 Å². The molecule has 0 saturated heterocycles. The Morgan fingerprint density at radius 3 is 1.48 bits per heavy atom. The number of hydrogen-bond donors (Lipinski definition) is 0. The van der Waals surface area contributed by atoms with Crippen LogP contribution in [0.3, 0.4) is 0 Å². The highest BCUT2D eigenvalue weighted by molar-refractivity contribution is 14.1. The van der Waals surface area contributed by atoms with Crippen molar-refractivity contribution in [3.63, 3.8) is 0 Å². The number of carbonyl (C=O) groups is 2. The number of hydrogen-bond acceptors (Lipinski definition) is 4. The molecule has 0 saturated carbocycles. The lowest BCUT2D eigenvalue weighted by atomic mass is 10.3. The summed E-state index contributed by atoms with van der Waals surface area (Å²) in [6.45, 7) is 13.9. The van der Waals surface area contributed by atoms with Crippen molar-refractivity contribution in [2.75, 3.05) is 26.2 Å². The summed E-state index contributed by atoms with van der Waals surface area (Å²) in [7, 11) is 0. The van der Waals surface area contributed by atoms with Crippen LogP contribution in [0.25, 0.3) is 0 Å². The normalized spacial score (nSPS) is 12.9. The van der Waals surface area contributed by atoms with Crippen LogP contribution >= 0.6 is 22.6 Å². The third-order valence-electron chi connectivity index (χ3n) is 4.38. The average molecular weight is 490 g/mol. The van der Waals surface area contributed by atoms with E-state index in [0.29, 0.717) is 37.7 Å². The molecule has 0 aliphatic carbocycles. The predicted molar refractivity (Wildman–Crippen MR) is 115 cm³/mol. The molecular weight excluding hydrogens is 459 g/mol. The minimum Gasteiger partial charge on any atom is -0.480 e. The highest BCUT2D eigenvalue weighted by atomic mass is 127. The van der Waals surface area contributed by atoms with Gasteiger partial charge in [0, 0.05) is 26.2 Å². The third kappa shape index (κ3) is 6.26. The highest BCUT2D eigenvalue weighted by Crippen LogP contribution is 2.31. The first-order valence-electron chi connectivity index (χ1n) is 9.49. The number of nitrogens with zero attached hydrogens (tertiary/aromatic N) is 2. The summed E-state index contributed by atoms with van der Waals surface area (Å²) in [5.74, 6) is 1.05. The lowest BCUT2D eigenvalue weighted by Gasteiger charge is -2.25. The molecule has 0 N–H and O–H groups in total. The van der Waals surface area contributed by atoms with Gasteiger partial charge in [0.1, 0.15) is 11.5 Å². The number of carbonyl (C=O) groups excluding carboxylic acids is 2. The largest absolute Gasteiger partial charge is 0.480 e. The van der Waals surface area contributed by atoms with Gasteiger partial charge in [-0.05, 0) is 76.3 Å². The Kier molecular flexibility index (Phi) is 9.90. The summed E-state index contributed by atoms with van der Waals surface area (Å²) in [6.07, 6.45) is -1.19. The first-order valence-corrected chi connectivity index (χ1v) is 10.6. The van der Waals surface area contributed by atoms with Gasteiger partial charge in [0.2, 0.25) is 0 Å². The number of amides is 2. The Labute approximate surface area is 176 Å². The molecule has 0 heterocycles. The van der Waals surface area contributed by atoms with Crippen molar-refractivity contribution in [1.82, 2.24) is 9.80 Å². The van der Waals surface area contributed by atoms with Crippen LogP contribution in [-0.4, -0.2) is 60.0 Å². The maximum absolute atomic E-state index is 12.4. The monoisotopic (exact) mass is 490 g/mol. The van der Waals surface area contributed by atoms with E-state index in [-0.39, 0.29) is 11.8 Å². The second-order valence-corrected chi connectivity index (χ2v) is 7.19. The molecule has 0 aliphatic heterocycles. The van der Waals surface area contributed by atoms with E-state index in [9.17, 15) is 9.59 Å². The van der Waals surface area contributed by atoms with Gasteiger partial charge in [0.15, 0.2) is 12.2 Å². The van der Waals surface area contributed by atoms with Crippen LogP contribution in [0.4, 0.5) is 0 Å². The summed E-state index contributed by atoms with van der Waals surface area (Å²) in [5.41, 5.74) is 0. The standard InChI is InChI=1S/C20H31IN2O4/c1-7-22(8-2)19(24)14(5)26-16-12-11-13-17(18(16)21)27-15(6)20(25)23(9-3)10-4/h11-15H,7-10H2,1-6H3/t14-,15-/m1/s1. The van der Waals surface area contributed by atoms with E-state index in [4.69, 9.17) is 9.47 Å². The molecule has 0 bridgehead atoms. The fourth-order valence-corrected chi connectivity index (χ4v) is 3.35. The Morgan fingerprint density at radius 2 is 1.19 bits per heavy atom. The molecule has 27 heavy (non-hydrogen) atoms. The lowest BCUT2D eigenvalue weighted by molar-refractivity contribution is -0.138. The van der Waals surface area contributed by atoms with Crippen molar-refractivity contribution >= 4 is 34.4 Å². The van der Waals surface area contributed by atoms with Crippen LogP contribution in [0.1, 0.15) is 41.5 Å². The second-order valence-electron chi connectivity index (χ2n) is 6.11. The first kappa shape index (κ1) is 23.5. The van der Waals surface area contributed by atoms with Gasteiger partial charge < -0.3 is 19.3 Å². The molecule has 1 aromatic rings. The zero-order valence-electron chi connectivity index (χ0n) is 17.1. The quantitative estimate of drug-likeness (QED) is 0.471. The maximum atomic E-state index is 12.4. The smallest absolute Gasteiger partial charge is 0.263 e. The lowest BCUT2D eigenvalue weighted by Crippen LogP contribution is -2.40. The van der Waals surface area contributed by atoms with Gasteiger partial charge in [-0.25, -0.2) is 0 Å². The summed E-state index contributed by atoms with van der Waals surface area (Å²) >= 11 is 2.13. The van der Waals surface area contributed by atoms with Crippen LogP contribution < -0.4 is 9.47 Å². The van der Waals surface area contributed by atoms with E-state index >= 15 is 0 Å². The molecule has 2 amide bonds. The Bertz CT molecular complexity index is 580. The maximum Gasteiger partial charge on any atom is 0.263 e. The fraction of sp³-hybridized carbons (Fsp3) is 0.600. The topological polar surface area (TPSA) is 59.1 Å². The molecule has 152 valence electrons. The van der Waals surface area contributed by atoms with Crippen LogP contribution in [0, 0.1) is 3.57 Å². The number of likely N-dealkylation sites (N-methyl/N-ethyl adjacent to an activating group) is 2. The van der Waals surface area contributed by atoms with Crippen molar-refractivity contribution in [3.05, 3.63) is 21.8 Å². The van der Waals surface area contributed by atoms with Crippen LogP contribution in [0.2, 0.25) is 0 Å². The predicted octanol–water partition coefficient (Wildman–Crippen LogP) is 3.56. The van der Waals surface area contributed by atoms with E-state index in [1.807, 2.05) is 27.7 Å². The summed E-state index contributed by atoms with van der Waals surface area (Å²) in [5, 5.41) is 0. The molecule has 2 atom stereocenters. The zero-order chi connectivity index (χ0) is 20.6. The molecule has 6 nitrogen and oxygen atoms in total. The molecule has 1 aromatic carbocycles. The van der Waals surface area contributed by atoms with Crippen LogP contribution in [0.15, 0.2) is 18.2 Å². The summed E-state index contributed by atoms with van der Waals surface area (Å²) < 4.78 is 12.5.